The summed E-state index contributed by atoms with van der Waals surface area (Å²) in [4.78, 5) is 0. The SMILES string of the molecule is CNC(CC1CCC1)C1=CCCC1. The van der Waals surface area contributed by atoms with E-state index in [1.165, 1.54) is 44.9 Å². The van der Waals surface area contributed by atoms with Crippen LogP contribution in [0.15, 0.2) is 11.6 Å². The molecule has 0 aromatic heterocycles. The molecule has 0 aliphatic heterocycles. The number of hydrogen-bond donors (Lipinski definition) is 1. The minimum atomic E-state index is 0.702. The molecule has 74 valence electrons. The van der Waals surface area contributed by atoms with E-state index < -0.39 is 0 Å². The van der Waals surface area contributed by atoms with E-state index >= 15 is 0 Å². The van der Waals surface area contributed by atoms with Gasteiger partial charge in [0.2, 0.25) is 0 Å². The quantitative estimate of drug-likeness (QED) is 0.654. The third-order valence-electron chi connectivity index (χ3n) is 3.67. The maximum Gasteiger partial charge on any atom is 0.0279 e. The highest BCUT2D eigenvalue weighted by Crippen LogP contribution is 2.33. The molecule has 2 aliphatic rings. The lowest BCUT2D eigenvalue weighted by Gasteiger charge is -2.30. The monoisotopic (exact) mass is 179 g/mol. The second kappa shape index (κ2) is 4.28. The van der Waals surface area contributed by atoms with Gasteiger partial charge in [-0.2, -0.15) is 0 Å². The first-order chi connectivity index (χ1) is 6.40. The molecular formula is C12H21N. The van der Waals surface area contributed by atoms with Crippen LogP contribution in [0.5, 0.6) is 0 Å². The van der Waals surface area contributed by atoms with Crippen LogP contribution in [-0.2, 0) is 0 Å². The van der Waals surface area contributed by atoms with Gasteiger partial charge in [-0.1, -0.05) is 30.9 Å². The third kappa shape index (κ3) is 2.14. The van der Waals surface area contributed by atoms with E-state index in [2.05, 4.69) is 18.4 Å². The van der Waals surface area contributed by atoms with Crippen LogP contribution in [0.2, 0.25) is 0 Å². The van der Waals surface area contributed by atoms with E-state index in [1.54, 1.807) is 5.57 Å². The molecule has 1 heteroatoms. The zero-order chi connectivity index (χ0) is 9.10. The molecule has 1 N–H and O–H groups in total. The molecular weight excluding hydrogens is 158 g/mol. The maximum absolute atomic E-state index is 3.47. The molecule has 2 rings (SSSR count). The van der Waals surface area contributed by atoms with Crippen molar-refractivity contribution in [3.8, 4) is 0 Å². The van der Waals surface area contributed by atoms with Crippen molar-refractivity contribution in [3.05, 3.63) is 11.6 Å². The fourth-order valence-electron chi connectivity index (χ4n) is 2.53. The highest BCUT2D eigenvalue weighted by molar-refractivity contribution is 5.15. The van der Waals surface area contributed by atoms with Gasteiger partial charge in [-0.25, -0.2) is 0 Å². The van der Waals surface area contributed by atoms with E-state index in [1.807, 2.05) is 0 Å². The average Bonchev–Trinajstić information content (AvgIpc) is 2.55. The van der Waals surface area contributed by atoms with Gasteiger partial charge in [0.1, 0.15) is 0 Å². The van der Waals surface area contributed by atoms with E-state index in [9.17, 15) is 0 Å². The first kappa shape index (κ1) is 9.26. The van der Waals surface area contributed by atoms with E-state index in [0.29, 0.717) is 6.04 Å². The summed E-state index contributed by atoms with van der Waals surface area (Å²) in [6.45, 7) is 0. The lowest BCUT2D eigenvalue weighted by molar-refractivity contribution is 0.274. The van der Waals surface area contributed by atoms with Gasteiger partial charge in [0.05, 0.1) is 0 Å². The molecule has 1 unspecified atom stereocenters. The van der Waals surface area contributed by atoms with Crippen LogP contribution in [0, 0.1) is 5.92 Å². The predicted molar refractivity (Wildman–Crippen MR) is 56.7 cm³/mol. The molecule has 13 heavy (non-hydrogen) atoms. The molecule has 2 aliphatic carbocycles. The van der Waals surface area contributed by atoms with Crippen molar-refractivity contribution < 1.29 is 0 Å². The number of likely N-dealkylation sites (N-methyl/N-ethyl adjacent to an activating group) is 1. The van der Waals surface area contributed by atoms with Crippen LogP contribution in [0.4, 0.5) is 0 Å². The minimum absolute atomic E-state index is 0.702. The van der Waals surface area contributed by atoms with Gasteiger partial charge < -0.3 is 5.32 Å². The van der Waals surface area contributed by atoms with Crippen LogP contribution in [0.3, 0.4) is 0 Å². The molecule has 1 fully saturated rings. The van der Waals surface area contributed by atoms with Crippen molar-refractivity contribution in [2.24, 2.45) is 5.92 Å². The van der Waals surface area contributed by atoms with Gasteiger partial charge in [-0.15, -0.1) is 0 Å². The summed E-state index contributed by atoms with van der Waals surface area (Å²) in [5, 5.41) is 3.47. The minimum Gasteiger partial charge on any atom is -0.313 e. The molecule has 1 nitrogen and oxygen atoms in total. The van der Waals surface area contributed by atoms with Gasteiger partial charge >= 0.3 is 0 Å². The molecule has 1 saturated carbocycles. The first-order valence-electron chi connectivity index (χ1n) is 5.76. The van der Waals surface area contributed by atoms with Gasteiger partial charge in [0, 0.05) is 6.04 Å². The summed E-state index contributed by atoms with van der Waals surface area (Å²) >= 11 is 0. The Kier molecular flexibility index (Phi) is 3.05. The Morgan fingerprint density at radius 3 is 2.77 bits per heavy atom. The van der Waals surface area contributed by atoms with Crippen LogP contribution in [-0.4, -0.2) is 13.1 Å². The molecule has 0 amide bonds. The lowest BCUT2D eigenvalue weighted by atomic mass is 9.79. The summed E-state index contributed by atoms with van der Waals surface area (Å²) in [7, 11) is 2.11. The van der Waals surface area contributed by atoms with Gasteiger partial charge in [-0.3, -0.25) is 0 Å². The highest BCUT2D eigenvalue weighted by atomic mass is 14.9. The zero-order valence-electron chi connectivity index (χ0n) is 8.68. The Morgan fingerprint density at radius 1 is 1.46 bits per heavy atom. The second-order valence-electron chi connectivity index (χ2n) is 4.55. The lowest BCUT2D eigenvalue weighted by Crippen LogP contribution is -2.31. The predicted octanol–water partition coefficient (Wildman–Crippen LogP) is 2.87. The van der Waals surface area contributed by atoms with E-state index in [4.69, 9.17) is 0 Å². The number of nitrogens with one attached hydrogen (secondary N) is 1. The third-order valence-corrected chi connectivity index (χ3v) is 3.67. The molecule has 0 aromatic rings. The fraction of sp³-hybridized carbons (Fsp3) is 0.833. The highest BCUT2D eigenvalue weighted by Gasteiger charge is 2.23. The first-order valence-corrected chi connectivity index (χ1v) is 5.76. The number of allylic oxidation sites excluding steroid dienone is 1. The smallest absolute Gasteiger partial charge is 0.0279 e. The Morgan fingerprint density at radius 2 is 2.31 bits per heavy atom. The van der Waals surface area contributed by atoms with Gasteiger partial charge in [0.15, 0.2) is 0 Å². The maximum atomic E-state index is 3.47. The standard InChI is InChI=1S/C12H21N/c1-13-12(9-10-5-4-6-10)11-7-2-3-8-11/h7,10,12-13H,2-6,8-9H2,1H3. The second-order valence-corrected chi connectivity index (χ2v) is 4.55. The van der Waals surface area contributed by atoms with E-state index in [-0.39, 0.29) is 0 Å². The largest absolute Gasteiger partial charge is 0.313 e. The van der Waals surface area contributed by atoms with Gasteiger partial charge in [0.25, 0.3) is 0 Å². The normalized spacial score (nSPS) is 25.5. The van der Waals surface area contributed by atoms with Gasteiger partial charge in [-0.05, 0) is 38.6 Å². The molecule has 0 spiro atoms. The van der Waals surface area contributed by atoms with Crippen molar-refractivity contribution in [1.82, 2.24) is 5.32 Å². The molecule has 0 saturated heterocycles. The topological polar surface area (TPSA) is 12.0 Å². The van der Waals surface area contributed by atoms with Crippen LogP contribution in [0.25, 0.3) is 0 Å². The van der Waals surface area contributed by atoms with E-state index in [0.717, 1.165) is 5.92 Å². The Labute approximate surface area is 81.6 Å². The van der Waals surface area contributed by atoms with Crippen molar-refractivity contribution >= 4 is 0 Å². The molecule has 0 radical (unpaired) electrons. The summed E-state index contributed by atoms with van der Waals surface area (Å²) < 4.78 is 0. The summed E-state index contributed by atoms with van der Waals surface area (Å²) in [5.74, 6) is 1.03. The average molecular weight is 179 g/mol. The Bertz CT molecular complexity index is 191. The van der Waals surface area contributed by atoms with Crippen molar-refractivity contribution in [2.75, 3.05) is 7.05 Å². The Hall–Kier alpha value is -0.300. The zero-order valence-corrected chi connectivity index (χ0v) is 8.68. The number of rotatable bonds is 4. The van der Waals surface area contributed by atoms with Crippen molar-refractivity contribution in [2.45, 2.75) is 51.0 Å². The molecule has 0 aromatic carbocycles. The molecule has 0 heterocycles. The van der Waals surface area contributed by atoms with Crippen LogP contribution < -0.4 is 5.32 Å². The summed E-state index contributed by atoms with van der Waals surface area (Å²) in [5.41, 5.74) is 1.69. The van der Waals surface area contributed by atoms with Crippen LogP contribution in [0.1, 0.15) is 44.9 Å². The Balaban J connectivity index is 1.84. The summed E-state index contributed by atoms with van der Waals surface area (Å²) in [6, 6.07) is 0.702. The van der Waals surface area contributed by atoms with Crippen LogP contribution >= 0.6 is 0 Å². The summed E-state index contributed by atoms with van der Waals surface area (Å²) in [6.07, 6.45) is 12.3. The number of hydrogen-bond acceptors (Lipinski definition) is 1. The van der Waals surface area contributed by atoms with Crippen molar-refractivity contribution in [3.63, 3.8) is 0 Å². The fourth-order valence-corrected chi connectivity index (χ4v) is 2.53. The van der Waals surface area contributed by atoms with Crippen molar-refractivity contribution in [1.29, 1.82) is 0 Å². The molecule has 0 bridgehead atoms. The molecule has 1 atom stereocenters.